The number of ether oxygens (including phenoxy) is 1. The highest BCUT2D eigenvalue weighted by atomic mass is 35.5. The predicted octanol–water partition coefficient (Wildman–Crippen LogP) is 5.85. The number of carboxylic acids is 2. The van der Waals surface area contributed by atoms with Gasteiger partial charge in [0.15, 0.2) is 0 Å². The molecule has 0 bridgehead atoms. The van der Waals surface area contributed by atoms with Crippen LogP contribution in [0, 0.1) is 11.8 Å². The minimum atomic E-state index is -3.84. The number of rotatable bonds is 16. The summed E-state index contributed by atoms with van der Waals surface area (Å²) in [5.74, 6) is -1.83. The zero-order valence-electron chi connectivity index (χ0n) is 26.0. The van der Waals surface area contributed by atoms with E-state index in [0.29, 0.717) is 74.3 Å². The Balaban J connectivity index is 1.53. The van der Waals surface area contributed by atoms with Crippen molar-refractivity contribution in [2.24, 2.45) is 11.8 Å². The maximum Gasteiger partial charge on any atom is 0.303 e. The van der Waals surface area contributed by atoms with Gasteiger partial charge in [-0.1, -0.05) is 23.2 Å². The fourth-order valence-electron chi connectivity index (χ4n) is 6.80. The lowest BCUT2D eigenvalue weighted by Crippen LogP contribution is -2.51. The first-order valence-electron chi connectivity index (χ1n) is 15.8. The summed E-state index contributed by atoms with van der Waals surface area (Å²) in [5.41, 5.74) is -1.60. The van der Waals surface area contributed by atoms with Crippen LogP contribution in [0.3, 0.4) is 0 Å². The number of halogens is 2. The van der Waals surface area contributed by atoms with E-state index in [1.807, 2.05) is 0 Å². The Labute approximate surface area is 286 Å². The Morgan fingerprint density at radius 3 is 1.28 bits per heavy atom. The molecule has 2 aromatic carbocycles. The molecule has 4 N–H and O–H groups in total. The molecule has 0 heterocycles. The first kappa shape index (κ1) is 37.6. The van der Waals surface area contributed by atoms with Gasteiger partial charge in [0.25, 0.3) is 0 Å². The summed E-state index contributed by atoms with van der Waals surface area (Å²) in [6.45, 7) is 0.130. The average molecular weight is 734 g/mol. The lowest BCUT2D eigenvalue weighted by Gasteiger charge is -2.50. The van der Waals surface area contributed by atoms with E-state index in [1.54, 1.807) is 0 Å². The minimum absolute atomic E-state index is 0.0355. The summed E-state index contributed by atoms with van der Waals surface area (Å²) in [7, 11) is -7.68. The summed E-state index contributed by atoms with van der Waals surface area (Å²) in [5, 5.41) is 19.6. The van der Waals surface area contributed by atoms with Crippen molar-refractivity contribution in [2.75, 3.05) is 13.1 Å². The van der Waals surface area contributed by atoms with E-state index in [4.69, 9.17) is 27.9 Å². The molecule has 11 nitrogen and oxygen atoms in total. The maximum absolute atomic E-state index is 13.0. The third kappa shape index (κ3) is 10.9. The SMILES string of the molecule is O=C(O)CC1CCC(CCNS(=O)(=O)c2ccc(Cl)cc2)(OC2(CCNS(=O)(=O)c3ccc(Cl)cc3)CCC(CC(=O)O)CC2)CC1. The van der Waals surface area contributed by atoms with Crippen LogP contribution in [0.4, 0.5) is 0 Å². The first-order chi connectivity index (χ1) is 22.1. The van der Waals surface area contributed by atoms with Crippen LogP contribution in [-0.2, 0) is 34.4 Å². The van der Waals surface area contributed by atoms with Gasteiger partial charge in [-0.2, -0.15) is 0 Å². The molecule has 0 aromatic heterocycles. The molecule has 15 heteroatoms. The highest BCUT2D eigenvalue weighted by molar-refractivity contribution is 7.89. The van der Waals surface area contributed by atoms with E-state index in [9.17, 15) is 36.6 Å². The van der Waals surface area contributed by atoms with Gasteiger partial charge in [-0.15, -0.1) is 0 Å². The van der Waals surface area contributed by atoms with Crippen LogP contribution in [-0.4, -0.2) is 63.3 Å². The van der Waals surface area contributed by atoms with Gasteiger partial charge < -0.3 is 14.9 Å². The van der Waals surface area contributed by atoms with Gasteiger partial charge in [0.05, 0.1) is 21.0 Å². The number of benzene rings is 2. The molecule has 0 saturated heterocycles. The van der Waals surface area contributed by atoms with E-state index in [-0.39, 0.29) is 47.6 Å². The summed E-state index contributed by atoms with van der Waals surface area (Å²) >= 11 is 11.9. The van der Waals surface area contributed by atoms with E-state index >= 15 is 0 Å². The second kappa shape index (κ2) is 16.0. The highest BCUT2D eigenvalue weighted by Gasteiger charge is 2.46. The second-order valence-electron chi connectivity index (χ2n) is 12.8. The van der Waals surface area contributed by atoms with Crippen LogP contribution >= 0.6 is 23.2 Å². The van der Waals surface area contributed by atoms with Crippen LogP contribution in [0.25, 0.3) is 0 Å². The fraction of sp³-hybridized carbons (Fsp3) is 0.562. The normalized spacial score (nSPS) is 25.3. The minimum Gasteiger partial charge on any atom is -0.481 e. The van der Waals surface area contributed by atoms with Gasteiger partial charge in [0.2, 0.25) is 20.0 Å². The predicted molar refractivity (Wildman–Crippen MR) is 177 cm³/mol. The van der Waals surface area contributed by atoms with Crippen molar-refractivity contribution < 1.29 is 41.4 Å². The molecule has 260 valence electrons. The van der Waals surface area contributed by atoms with Crippen LogP contribution < -0.4 is 9.44 Å². The highest BCUT2D eigenvalue weighted by Crippen LogP contribution is 2.47. The molecule has 2 saturated carbocycles. The number of sulfonamides is 2. The van der Waals surface area contributed by atoms with Crippen LogP contribution in [0.1, 0.15) is 77.0 Å². The maximum atomic E-state index is 13.0. The smallest absolute Gasteiger partial charge is 0.303 e. The molecule has 2 fully saturated rings. The van der Waals surface area contributed by atoms with E-state index < -0.39 is 43.2 Å². The molecule has 2 aliphatic carbocycles. The quantitative estimate of drug-likeness (QED) is 0.165. The summed E-state index contributed by atoms with van der Waals surface area (Å²) in [4.78, 5) is 23.0. The molecule has 2 aliphatic rings. The number of carbonyl (C=O) groups is 2. The summed E-state index contributed by atoms with van der Waals surface area (Å²) in [6, 6.07) is 11.7. The monoisotopic (exact) mass is 732 g/mol. The van der Waals surface area contributed by atoms with Crippen molar-refractivity contribution >= 4 is 55.2 Å². The lowest BCUT2D eigenvalue weighted by atomic mass is 9.72. The third-order valence-electron chi connectivity index (χ3n) is 9.39. The number of nitrogens with one attached hydrogen (secondary N) is 2. The molecule has 0 unspecified atom stereocenters. The Morgan fingerprint density at radius 1 is 0.660 bits per heavy atom. The van der Waals surface area contributed by atoms with Crippen molar-refractivity contribution in [2.45, 2.75) is 98.0 Å². The Hall–Kier alpha value is -2.26. The molecule has 0 radical (unpaired) electrons. The lowest BCUT2D eigenvalue weighted by molar-refractivity contribution is -0.197. The van der Waals surface area contributed by atoms with Crippen LogP contribution in [0.5, 0.6) is 0 Å². The van der Waals surface area contributed by atoms with Crippen molar-refractivity contribution in [1.82, 2.24) is 9.44 Å². The van der Waals surface area contributed by atoms with Gasteiger partial charge in [-0.25, -0.2) is 26.3 Å². The molecule has 2 aromatic rings. The Kier molecular flexibility index (Phi) is 12.8. The fourth-order valence-corrected chi connectivity index (χ4v) is 9.11. The Morgan fingerprint density at radius 2 is 0.979 bits per heavy atom. The van der Waals surface area contributed by atoms with Crippen molar-refractivity contribution in [3.63, 3.8) is 0 Å². The van der Waals surface area contributed by atoms with Crippen LogP contribution in [0.15, 0.2) is 58.3 Å². The van der Waals surface area contributed by atoms with Gasteiger partial charge in [0, 0.05) is 36.0 Å². The topological polar surface area (TPSA) is 176 Å². The zero-order valence-corrected chi connectivity index (χ0v) is 29.1. The van der Waals surface area contributed by atoms with Gasteiger partial charge in [-0.05, 0) is 125 Å². The van der Waals surface area contributed by atoms with Crippen LogP contribution in [0.2, 0.25) is 10.0 Å². The number of carboxylic acid groups (broad SMARTS) is 2. The van der Waals surface area contributed by atoms with E-state index in [2.05, 4.69) is 9.44 Å². The van der Waals surface area contributed by atoms with E-state index in [0.717, 1.165) is 0 Å². The number of hydrogen-bond donors (Lipinski definition) is 4. The Bertz CT molecular complexity index is 1470. The second-order valence-corrected chi connectivity index (χ2v) is 17.2. The molecule has 0 amide bonds. The third-order valence-corrected chi connectivity index (χ3v) is 12.8. The molecular formula is C32H42Cl2N2O9S2. The van der Waals surface area contributed by atoms with Crippen molar-refractivity contribution in [1.29, 1.82) is 0 Å². The zero-order chi connectivity index (χ0) is 34.3. The molecule has 0 atom stereocenters. The van der Waals surface area contributed by atoms with E-state index in [1.165, 1.54) is 48.5 Å². The average Bonchev–Trinajstić information content (AvgIpc) is 2.99. The molecule has 0 spiro atoms. The molecule has 4 rings (SSSR count). The van der Waals surface area contributed by atoms with Gasteiger partial charge in [0.1, 0.15) is 0 Å². The van der Waals surface area contributed by atoms with Gasteiger partial charge >= 0.3 is 11.9 Å². The van der Waals surface area contributed by atoms with Gasteiger partial charge in [-0.3, -0.25) is 9.59 Å². The molecular weight excluding hydrogens is 691 g/mol. The summed E-state index contributed by atoms with van der Waals surface area (Å²) < 4.78 is 64.5. The number of aliphatic carboxylic acids is 2. The standard InChI is InChI=1S/C32H42Cl2N2O9S2/c33-25-1-5-27(6-2-25)46(41,42)35-19-17-31(13-9-23(10-14-31)21-29(37)38)45-32(15-11-24(12-16-32)22-30(39)40)18-20-36-47(43,44)28-7-3-26(34)4-8-28/h1-8,23-24,35-36H,9-22H2,(H,37,38)(H,39,40). The molecule has 47 heavy (non-hydrogen) atoms. The van der Waals surface area contributed by atoms with Crippen molar-refractivity contribution in [3.8, 4) is 0 Å². The summed E-state index contributed by atoms with van der Waals surface area (Å²) in [6.07, 6.45) is 5.04. The number of hydrogen-bond acceptors (Lipinski definition) is 7. The molecule has 0 aliphatic heterocycles. The van der Waals surface area contributed by atoms with Crippen molar-refractivity contribution in [3.05, 3.63) is 58.6 Å². The largest absolute Gasteiger partial charge is 0.481 e. The first-order valence-corrected chi connectivity index (χ1v) is 19.5.